The highest BCUT2D eigenvalue weighted by Crippen LogP contribution is 2.30. The molecule has 1 saturated carbocycles. The van der Waals surface area contributed by atoms with E-state index in [1.165, 1.54) is 0 Å². The summed E-state index contributed by atoms with van der Waals surface area (Å²) >= 11 is 0. The molecule has 1 heterocycles. The van der Waals surface area contributed by atoms with Gasteiger partial charge in [-0.25, -0.2) is 0 Å². The van der Waals surface area contributed by atoms with Crippen LogP contribution in [0, 0.1) is 11.8 Å². The Morgan fingerprint density at radius 1 is 0.938 bits per heavy atom. The number of amides is 2. The maximum Gasteiger partial charge on any atom is 0.225 e. The van der Waals surface area contributed by atoms with Gasteiger partial charge >= 0.3 is 0 Å². The molecule has 90 valence electrons. The average Bonchev–Trinajstić information content (AvgIpc) is 2.81. The van der Waals surface area contributed by atoms with Crippen LogP contribution in [0.3, 0.4) is 0 Å². The van der Waals surface area contributed by atoms with E-state index in [1.807, 2.05) is 4.90 Å². The van der Waals surface area contributed by atoms with Crippen molar-refractivity contribution in [1.29, 1.82) is 0 Å². The number of primary amides is 1. The largest absolute Gasteiger partial charge is 0.369 e. The van der Waals surface area contributed by atoms with Crippen LogP contribution in [-0.2, 0) is 9.59 Å². The Labute approximate surface area is 96.2 Å². The second kappa shape index (κ2) is 4.85. The molecule has 4 heteroatoms. The van der Waals surface area contributed by atoms with Crippen molar-refractivity contribution < 1.29 is 9.59 Å². The Balaban J connectivity index is 1.84. The van der Waals surface area contributed by atoms with Gasteiger partial charge in [0.1, 0.15) is 0 Å². The van der Waals surface area contributed by atoms with E-state index in [2.05, 4.69) is 0 Å². The van der Waals surface area contributed by atoms with Crippen molar-refractivity contribution in [1.82, 2.24) is 4.90 Å². The fourth-order valence-electron chi connectivity index (χ4n) is 2.82. The molecule has 16 heavy (non-hydrogen) atoms. The van der Waals surface area contributed by atoms with E-state index in [-0.39, 0.29) is 17.7 Å². The second-order valence-corrected chi connectivity index (χ2v) is 4.98. The number of likely N-dealkylation sites (tertiary alicyclic amines) is 1. The number of nitrogens with zero attached hydrogens (tertiary/aromatic N) is 1. The molecule has 1 saturated heterocycles. The lowest BCUT2D eigenvalue weighted by Crippen LogP contribution is -2.37. The van der Waals surface area contributed by atoms with E-state index in [0.29, 0.717) is 5.91 Å². The van der Waals surface area contributed by atoms with Crippen LogP contribution in [0.5, 0.6) is 0 Å². The van der Waals surface area contributed by atoms with E-state index in [1.54, 1.807) is 0 Å². The van der Waals surface area contributed by atoms with Gasteiger partial charge < -0.3 is 10.6 Å². The molecule has 0 spiro atoms. The minimum atomic E-state index is -0.202. The maximum absolute atomic E-state index is 12.1. The molecule has 2 aliphatic rings. The third-order valence-electron chi connectivity index (χ3n) is 3.90. The summed E-state index contributed by atoms with van der Waals surface area (Å²) in [6, 6.07) is 0. The maximum atomic E-state index is 12.1. The Hall–Kier alpha value is -1.06. The molecule has 2 amide bonds. The molecule has 0 atom stereocenters. The van der Waals surface area contributed by atoms with Crippen LogP contribution in [0.1, 0.15) is 38.5 Å². The summed E-state index contributed by atoms with van der Waals surface area (Å²) in [5.41, 5.74) is 5.28. The van der Waals surface area contributed by atoms with Gasteiger partial charge in [0.15, 0.2) is 0 Å². The van der Waals surface area contributed by atoms with Crippen molar-refractivity contribution in [2.45, 2.75) is 38.5 Å². The lowest BCUT2D eigenvalue weighted by Gasteiger charge is -2.29. The van der Waals surface area contributed by atoms with Crippen LogP contribution in [0.2, 0.25) is 0 Å². The molecule has 0 aromatic carbocycles. The van der Waals surface area contributed by atoms with E-state index < -0.39 is 0 Å². The fraction of sp³-hybridized carbons (Fsp3) is 0.833. The van der Waals surface area contributed by atoms with E-state index in [4.69, 9.17) is 5.73 Å². The lowest BCUT2D eigenvalue weighted by molar-refractivity contribution is -0.137. The van der Waals surface area contributed by atoms with Crippen molar-refractivity contribution in [3.8, 4) is 0 Å². The summed E-state index contributed by atoms with van der Waals surface area (Å²) in [6.07, 6.45) is 5.54. The SMILES string of the molecule is NC(=O)C1CCC(C(=O)N2CCCC2)CC1. The Morgan fingerprint density at radius 2 is 1.44 bits per heavy atom. The minimum absolute atomic E-state index is 0.00243. The van der Waals surface area contributed by atoms with Gasteiger partial charge in [-0.2, -0.15) is 0 Å². The molecule has 0 bridgehead atoms. The highest BCUT2D eigenvalue weighted by Gasteiger charge is 2.31. The van der Waals surface area contributed by atoms with Gasteiger partial charge in [0.2, 0.25) is 11.8 Å². The van der Waals surface area contributed by atoms with Crippen molar-refractivity contribution >= 4 is 11.8 Å². The zero-order valence-corrected chi connectivity index (χ0v) is 9.65. The number of hydrogen-bond donors (Lipinski definition) is 1. The zero-order valence-electron chi connectivity index (χ0n) is 9.65. The van der Waals surface area contributed by atoms with Crippen LogP contribution in [-0.4, -0.2) is 29.8 Å². The highest BCUT2D eigenvalue weighted by atomic mass is 16.2. The Bertz CT molecular complexity index is 277. The smallest absolute Gasteiger partial charge is 0.225 e. The summed E-state index contributed by atoms with van der Waals surface area (Å²) in [4.78, 5) is 25.1. The first-order chi connectivity index (χ1) is 7.68. The predicted molar refractivity (Wildman–Crippen MR) is 60.5 cm³/mol. The van der Waals surface area contributed by atoms with Gasteiger partial charge in [-0.1, -0.05) is 0 Å². The molecule has 2 fully saturated rings. The average molecular weight is 224 g/mol. The molecular weight excluding hydrogens is 204 g/mol. The molecule has 2 N–H and O–H groups in total. The standard InChI is InChI=1S/C12H20N2O2/c13-11(15)9-3-5-10(6-4-9)12(16)14-7-1-2-8-14/h9-10H,1-8H2,(H2,13,15). The monoisotopic (exact) mass is 224 g/mol. The van der Waals surface area contributed by atoms with Crippen LogP contribution in [0.25, 0.3) is 0 Å². The van der Waals surface area contributed by atoms with Gasteiger partial charge in [-0.15, -0.1) is 0 Å². The fourth-order valence-corrected chi connectivity index (χ4v) is 2.82. The second-order valence-electron chi connectivity index (χ2n) is 4.98. The molecule has 2 rings (SSSR count). The molecule has 1 aliphatic heterocycles. The van der Waals surface area contributed by atoms with Gasteiger partial charge in [0.25, 0.3) is 0 Å². The van der Waals surface area contributed by atoms with E-state index >= 15 is 0 Å². The molecule has 0 radical (unpaired) electrons. The van der Waals surface area contributed by atoms with Gasteiger partial charge in [-0.05, 0) is 38.5 Å². The van der Waals surface area contributed by atoms with Crippen LogP contribution in [0.15, 0.2) is 0 Å². The van der Waals surface area contributed by atoms with Gasteiger partial charge in [-0.3, -0.25) is 9.59 Å². The number of hydrogen-bond acceptors (Lipinski definition) is 2. The lowest BCUT2D eigenvalue weighted by atomic mass is 9.81. The van der Waals surface area contributed by atoms with Gasteiger partial charge in [0, 0.05) is 24.9 Å². The first-order valence-corrected chi connectivity index (χ1v) is 6.26. The first-order valence-electron chi connectivity index (χ1n) is 6.26. The normalized spacial score (nSPS) is 30.4. The minimum Gasteiger partial charge on any atom is -0.369 e. The predicted octanol–water partition coefficient (Wildman–Crippen LogP) is 0.900. The number of carbonyl (C=O) groups excluding carboxylic acids is 2. The van der Waals surface area contributed by atoms with Crippen LogP contribution >= 0.6 is 0 Å². The van der Waals surface area contributed by atoms with Crippen molar-refractivity contribution in [3.05, 3.63) is 0 Å². The molecule has 4 nitrogen and oxygen atoms in total. The summed E-state index contributed by atoms with van der Waals surface area (Å²) in [7, 11) is 0. The topological polar surface area (TPSA) is 63.4 Å². The summed E-state index contributed by atoms with van der Waals surface area (Å²) in [6.45, 7) is 1.85. The number of carbonyl (C=O) groups is 2. The summed E-state index contributed by atoms with van der Waals surface area (Å²) in [5.74, 6) is 0.254. The van der Waals surface area contributed by atoms with Gasteiger partial charge in [0.05, 0.1) is 0 Å². The van der Waals surface area contributed by atoms with E-state index in [0.717, 1.165) is 51.6 Å². The number of rotatable bonds is 2. The molecular formula is C12H20N2O2. The van der Waals surface area contributed by atoms with E-state index in [9.17, 15) is 9.59 Å². The van der Waals surface area contributed by atoms with Crippen molar-refractivity contribution in [2.24, 2.45) is 17.6 Å². The summed E-state index contributed by atoms with van der Waals surface area (Å²) in [5, 5.41) is 0. The Morgan fingerprint density at radius 3 is 1.94 bits per heavy atom. The molecule has 0 aromatic heterocycles. The Kier molecular flexibility index (Phi) is 3.46. The zero-order chi connectivity index (χ0) is 11.5. The first kappa shape index (κ1) is 11.4. The number of nitrogens with two attached hydrogens (primary N) is 1. The third-order valence-corrected chi connectivity index (χ3v) is 3.90. The molecule has 1 aliphatic carbocycles. The van der Waals surface area contributed by atoms with Crippen molar-refractivity contribution in [2.75, 3.05) is 13.1 Å². The highest BCUT2D eigenvalue weighted by molar-refractivity contribution is 5.80. The van der Waals surface area contributed by atoms with Crippen molar-refractivity contribution in [3.63, 3.8) is 0 Å². The molecule has 0 unspecified atom stereocenters. The summed E-state index contributed by atoms with van der Waals surface area (Å²) < 4.78 is 0. The third kappa shape index (κ3) is 2.36. The molecule has 0 aromatic rings. The quantitative estimate of drug-likeness (QED) is 0.757. The van der Waals surface area contributed by atoms with Crippen LogP contribution < -0.4 is 5.73 Å². The van der Waals surface area contributed by atoms with Crippen LogP contribution in [0.4, 0.5) is 0 Å².